The molecule has 13 heteroatoms. The van der Waals surface area contributed by atoms with Crippen molar-refractivity contribution < 1.29 is 44.0 Å². The lowest BCUT2D eigenvalue weighted by molar-refractivity contribution is -0.184. The standard InChI is InChI=1S/C28H44N4O9/c1-25(2,3)20(16-9-11-17(33)12-10-16)21(29)22(38)31-27(7,8)23(39)32-28(14-13-18(34)35,41-26(4,5)6)24(40)30-15-19(36)37/h9-12,20-21,33H,13-15,29H2,1-8H3,(H,30,40)(H,31,38)(H,32,39)(H,34,35)(H,36,37)/t20?,21-,28-/m0/s1. The number of hydrogen-bond acceptors (Lipinski definition) is 8. The van der Waals surface area contributed by atoms with Crippen molar-refractivity contribution in [2.75, 3.05) is 6.54 Å². The first-order valence-corrected chi connectivity index (χ1v) is 13.1. The highest BCUT2D eigenvalue weighted by atomic mass is 16.5. The molecule has 0 fully saturated rings. The van der Waals surface area contributed by atoms with Crippen molar-refractivity contribution in [2.45, 2.75) is 97.1 Å². The van der Waals surface area contributed by atoms with Crippen molar-refractivity contribution in [3.8, 4) is 5.75 Å². The number of carboxylic acid groups (broad SMARTS) is 2. The normalized spacial score (nSPS) is 15.1. The summed E-state index contributed by atoms with van der Waals surface area (Å²) in [6.45, 7) is 12.3. The Morgan fingerprint density at radius 3 is 1.83 bits per heavy atom. The van der Waals surface area contributed by atoms with Crippen LogP contribution in [0.15, 0.2) is 24.3 Å². The Balaban J connectivity index is 3.37. The van der Waals surface area contributed by atoms with Gasteiger partial charge >= 0.3 is 11.9 Å². The molecule has 1 unspecified atom stereocenters. The average Bonchev–Trinajstić information content (AvgIpc) is 2.80. The first kappa shape index (κ1) is 35.3. The molecule has 3 amide bonds. The summed E-state index contributed by atoms with van der Waals surface area (Å²) < 4.78 is 5.88. The molecule has 3 atom stereocenters. The lowest BCUT2D eigenvalue weighted by Crippen LogP contribution is -2.68. The molecule has 41 heavy (non-hydrogen) atoms. The molecule has 0 saturated carbocycles. The van der Waals surface area contributed by atoms with Gasteiger partial charge in [-0.05, 0) is 57.7 Å². The first-order chi connectivity index (χ1) is 18.5. The van der Waals surface area contributed by atoms with Gasteiger partial charge in [0.15, 0.2) is 0 Å². The van der Waals surface area contributed by atoms with Gasteiger partial charge < -0.3 is 41.7 Å². The summed E-state index contributed by atoms with van der Waals surface area (Å²) in [7, 11) is 0. The number of carboxylic acids is 2. The van der Waals surface area contributed by atoms with E-state index in [0.717, 1.165) is 0 Å². The Morgan fingerprint density at radius 2 is 1.39 bits per heavy atom. The fourth-order valence-electron chi connectivity index (χ4n) is 4.33. The van der Waals surface area contributed by atoms with E-state index in [-0.39, 0.29) is 5.75 Å². The Morgan fingerprint density at radius 1 is 0.854 bits per heavy atom. The number of benzene rings is 1. The zero-order chi connectivity index (χ0) is 32.0. The zero-order valence-electron chi connectivity index (χ0n) is 25.0. The number of nitrogens with two attached hydrogens (primary N) is 1. The largest absolute Gasteiger partial charge is 0.508 e. The van der Waals surface area contributed by atoms with E-state index in [2.05, 4.69) is 16.0 Å². The maximum Gasteiger partial charge on any atom is 0.322 e. The lowest BCUT2D eigenvalue weighted by atomic mass is 9.72. The second kappa shape index (κ2) is 13.3. The van der Waals surface area contributed by atoms with Crippen molar-refractivity contribution in [1.82, 2.24) is 16.0 Å². The molecule has 0 saturated heterocycles. The van der Waals surface area contributed by atoms with E-state index in [1.807, 2.05) is 20.8 Å². The molecule has 1 aromatic rings. The van der Waals surface area contributed by atoms with Crippen molar-refractivity contribution in [3.05, 3.63) is 29.8 Å². The Hall–Kier alpha value is -3.71. The third kappa shape index (κ3) is 10.7. The average molecular weight is 581 g/mol. The van der Waals surface area contributed by atoms with Gasteiger partial charge in [-0.3, -0.25) is 24.0 Å². The predicted octanol–water partition coefficient (Wildman–Crippen LogP) is 1.44. The molecular formula is C28H44N4O9. The van der Waals surface area contributed by atoms with Crippen molar-refractivity contribution in [3.63, 3.8) is 0 Å². The Bertz CT molecular complexity index is 1120. The monoisotopic (exact) mass is 580 g/mol. The molecule has 0 heterocycles. The van der Waals surface area contributed by atoms with Gasteiger partial charge in [-0.1, -0.05) is 32.9 Å². The fourth-order valence-corrected chi connectivity index (χ4v) is 4.33. The van der Waals surface area contributed by atoms with E-state index in [1.54, 1.807) is 32.9 Å². The van der Waals surface area contributed by atoms with E-state index in [0.29, 0.717) is 5.56 Å². The second-order valence-corrected chi connectivity index (χ2v) is 12.5. The number of nitrogens with one attached hydrogen (secondary N) is 3. The molecule has 230 valence electrons. The summed E-state index contributed by atoms with van der Waals surface area (Å²) >= 11 is 0. The highest BCUT2D eigenvalue weighted by molar-refractivity contribution is 5.97. The molecule has 0 bridgehead atoms. The van der Waals surface area contributed by atoms with Crippen LogP contribution in [0.5, 0.6) is 5.75 Å². The quantitative estimate of drug-likeness (QED) is 0.166. The van der Waals surface area contributed by atoms with Gasteiger partial charge in [-0.15, -0.1) is 0 Å². The van der Waals surface area contributed by atoms with E-state index in [4.69, 9.17) is 15.6 Å². The molecular weight excluding hydrogens is 536 g/mol. The number of rotatable bonds is 13. The van der Waals surface area contributed by atoms with Crippen molar-refractivity contribution >= 4 is 29.7 Å². The zero-order valence-corrected chi connectivity index (χ0v) is 25.0. The molecule has 8 N–H and O–H groups in total. The molecule has 0 aliphatic heterocycles. The number of ether oxygens (including phenoxy) is 1. The van der Waals surface area contributed by atoms with Gasteiger partial charge in [0, 0.05) is 12.3 Å². The highest BCUT2D eigenvalue weighted by Gasteiger charge is 2.48. The minimum Gasteiger partial charge on any atom is -0.508 e. The summed E-state index contributed by atoms with van der Waals surface area (Å²) in [5.41, 5.74) is 1.55. The van der Waals surface area contributed by atoms with Crippen LogP contribution >= 0.6 is 0 Å². The summed E-state index contributed by atoms with van der Waals surface area (Å²) in [5, 5.41) is 35.2. The summed E-state index contributed by atoms with van der Waals surface area (Å²) in [5.74, 6) is -5.78. The minimum absolute atomic E-state index is 0.0495. The molecule has 1 aromatic carbocycles. The number of aromatic hydroxyl groups is 1. The first-order valence-electron chi connectivity index (χ1n) is 13.1. The number of amides is 3. The van der Waals surface area contributed by atoms with Crippen molar-refractivity contribution in [2.24, 2.45) is 11.1 Å². The van der Waals surface area contributed by atoms with Gasteiger partial charge in [0.25, 0.3) is 5.91 Å². The smallest absolute Gasteiger partial charge is 0.322 e. The molecule has 0 radical (unpaired) electrons. The maximum absolute atomic E-state index is 13.6. The number of carbonyl (C=O) groups is 5. The minimum atomic E-state index is -2.28. The number of aliphatic carboxylic acids is 2. The fraction of sp³-hybridized carbons (Fsp3) is 0.607. The van der Waals surface area contributed by atoms with Gasteiger partial charge in [0.1, 0.15) is 17.8 Å². The van der Waals surface area contributed by atoms with Crippen LogP contribution in [0, 0.1) is 5.41 Å². The van der Waals surface area contributed by atoms with Crippen LogP contribution in [-0.4, -0.2) is 74.4 Å². The molecule has 0 aromatic heterocycles. The number of phenols is 1. The number of hydrogen-bond donors (Lipinski definition) is 7. The molecule has 1 rings (SSSR count). The summed E-state index contributed by atoms with van der Waals surface area (Å²) in [6, 6.07) is 5.15. The maximum atomic E-state index is 13.6. The van der Waals surface area contributed by atoms with Crippen molar-refractivity contribution in [1.29, 1.82) is 0 Å². The van der Waals surface area contributed by atoms with Crippen LogP contribution in [0.25, 0.3) is 0 Å². The molecule has 13 nitrogen and oxygen atoms in total. The third-order valence-corrected chi connectivity index (χ3v) is 6.10. The summed E-state index contributed by atoms with van der Waals surface area (Å²) in [4.78, 5) is 62.7. The van der Waals surface area contributed by atoms with E-state index < -0.39 is 83.3 Å². The van der Waals surface area contributed by atoms with Crippen LogP contribution in [0.3, 0.4) is 0 Å². The van der Waals surface area contributed by atoms with Gasteiger partial charge in [-0.25, -0.2) is 0 Å². The van der Waals surface area contributed by atoms with Gasteiger partial charge in [0.2, 0.25) is 17.5 Å². The van der Waals surface area contributed by atoms with Gasteiger partial charge in [-0.2, -0.15) is 0 Å². The second-order valence-electron chi connectivity index (χ2n) is 12.5. The molecule has 0 aliphatic carbocycles. The lowest BCUT2D eigenvalue weighted by Gasteiger charge is -2.41. The van der Waals surface area contributed by atoms with E-state index in [9.17, 15) is 34.2 Å². The summed E-state index contributed by atoms with van der Waals surface area (Å²) in [6.07, 6.45) is -1.14. The SMILES string of the molecule is CC(C)(C)O[C@](CCC(=O)O)(NC(=O)C(C)(C)NC(=O)[C@@H](N)C(c1ccc(O)cc1)C(C)(C)C)C(=O)NCC(=O)O. The van der Waals surface area contributed by atoms with Crippen LogP contribution < -0.4 is 21.7 Å². The van der Waals surface area contributed by atoms with Crippen LogP contribution in [-0.2, 0) is 28.7 Å². The predicted molar refractivity (Wildman–Crippen MR) is 150 cm³/mol. The number of phenolic OH excluding ortho intramolecular Hbond substituents is 1. The van der Waals surface area contributed by atoms with Crippen LogP contribution in [0.2, 0.25) is 0 Å². The Labute approximate surface area is 240 Å². The highest BCUT2D eigenvalue weighted by Crippen LogP contribution is 2.38. The topological polar surface area (TPSA) is 217 Å². The van der Waals surface area contributed by atoms with Crippen LogP contribution in [0.1, 0.15) is 79.7 Å². The molecule has 0 spiro atoms. The van der Waals surface area contributed by atoms with E-state index in [1.165, 1.54) is 26.0 Å². The molecule has 0 aliphatic rings. The third-order valence-electron chi connectivity index (χ3n) is 6.10. The van der Waals surface area contributed by atoms with Crippen LogP contribution in [0.4, 0.5) is 0 Å². The van der Waals surface area contributed by atoms with Gasteiger partial charge in [0.05, 0.1) is 18.1 Å². The Kier molecular flexibility index (Phi) is 11.5. The number of carbonyl (C=O) groups excluding carboxylic acids is 3. The van der Waals surface area contributed by atoms with E-state index >= 15 is 0 Å².